The zero-order valence-corrected chi connectivity index (χ0v) is 12.9. The highest BCUT2D eigenvalue weighted by atomic mass is 35.5. The van der Waals surface area contributed by atoms with Crippen LogP contribution in [0, 0.1) is 5.92 Å². The van der Waals surface area contributed by atoms with Crippen molar-refractivity contribution in [2.24, 2.45) is 11.7 Å². The Kier molecular flexibility index (Phi) is 5.99. The summed E-state index contributed by atoms with van der Waals surface area (Å²) in [5.74, 6) is -0.116. The molecule has 0 bridgehead atoms. The van der Waals surface area contributed by atoms with Crippen molar-refractivity contribution in [1.29, 1.82) is 0 Å². The highest BCUT2D eigenvalue weighted by Gasteiger charge is 2.21. The Morgan fingerprint density at radius 1 is 1.33 bits per heavy atom. The van der Waals surface area contributed by atoms with Crippen molar-refractivity contribution in [1.82, 2.24) is 5.32 Å². The average molecular weight is 313 g/mol. The Balaban J connectivity index is 0.00000220. The summed E-state index contributed by atoms with van der Waals surface area (Å²) >= 11 is 0. The summed E-state index contributed by atoms with van der Waals surface area (Å²) in [5.41, 5.74) is 7.27. The number of rotatable bonds is 4. The van der Waals surface area contributed by atoms with Gasteiger partial charge in [0.25, 0.3) is 0 Å². The molecule has 7 heteroatoms. The highest BCUT2D eigenvalue weighted by Crippen LogP contribution is 2.19. The summed E-state index contributed by atoms with van der Waals surface area (Å²) in [6.45, 7) is 5.11. The molecular weight excluding hydrogens is 292 g/mol. The number of halogens is 1. The second kappa shape index (κ2) is 7.28. The smallest absolute Gasteiger partial charge is 0.321 e. The standard InChI is InChI=1S/C14H20N4O2.ClH/c1-9(2)12(15)13(19)17-10-3-5-11(6-4-10)18-8-7-16-14(18)20;/h3-6,9,12H,7-8,15H2,1-2H3,(H,16,20)(H,17,19);1H/t12-;/m1./s1. The van der Waals surface area contributed by atoms with E-state index in [1.165, 1.54) is 0 Å². The van der Waals surface area contributed by atoms with Crippen LogP contribution in [0.4, 0.5) is 16.2 Å². The fourth-order valence-electron chi connectivity index (χ4n) is 1.97. The lowest BCUT2D eigenvalue weighted by molar-refractivity contribution is -0.118. The number of amides is 3. The van der Waals surface area contributed by atoms with Crippen molar-refractivity contribution in [3.63, 3.8) is 0 Å². The van der Waals surface area contributed by atoms with E-state index in [0.29, 0.717) is 18.8 Å². The van der Waals surface area contributed by atoms with Crippen molar-refractivity contribution in [2.45, 2.75) is 19.9 Å². The molecule has 1 atom stereocenters. The SMILES string of the molecule is CC(C)[C@@H](N)C(=O)Nc1ccc(N2CCNC2=O)cc1.Cl. The molecule has 0 radical (unpaired) electrons. The van der Waals surface area contributed by atoms with Gasteiger partial charge in [0.05, 0.1) is 6.04 Å². The van der Waals surface area contributed by atoms with E-state index >= 15 is 0 Å². The number of benzene rings is 1. The molecule has 4 N–H and O–H groups in total. The molecule has 1 fully saturated rings. The summed E-state index contributed by atoms with van der Waals surface area (Å²) in [4.78, 5) is 25.0. The zero-order valence-electron chi connectivity index (χ0n) is 12.1. The van der Waals surface area contributed by atoms with Gasteiger partial charge < -0.3 is 16.4 Å². The first-order valence-corrected chi connectivity index (χ1v) is 6.71. The molecule has 1 aliphatic rings. The number of carbonyl (C=O) groups excluding carboxylic acids is 2. The summed E-state index contributed by atoms with van der Waals surface area (Å²) < 4.78 is 0. The third-order valence-electron chi connectivity index (χ3n) is 3.32. The lowest BCUT2D eigenvalue weighted by Crippen LogP contribution is -2.39. The maximum Gasteiger partial charge on any atom is 0.321 e. The number of anilines is 2. The van der Waals surface area contributed by atoms with Gasteiger partial charge in [-0.15, -0.1) is 12.4 Å². The molecule has 21 heavy (non-hydrogen) atoms. The number of urea groups is 1. The third kappa shape index (κ3) is 4.09. The van der Waals surface area contributed by atoms with Crippen LogP contribution in [-0.4, -0.2) is 31.1 Å². The molecule has 0 aliphatic carbocycles. The van der Waals surface area contributed by atoms with Crippen molar-refractivity contribution in [2.75, 3.05) is 23.3 Å². The minimum atomic E-state index is -0.529. The first kappa shape index (κ1) is 17.3. The Morgan fingerprint density at radius 3 is 2.43 bits per heavy atom. The summed E-state index contributed by atoms with van der Waals surface area (Å²) in [6, 6.07) is 6.53. The van der Waals surface area contributed by atoms with Crippen molar-refractivity contribution < 1.29 is 9.59 Å². The van der Waals surface area contributed by atoms with E-state index in [9.17, 15) is 9.59 Å². The molecule has 1 heterocycles. The second-order valence-corrected chi connectivity index (χ2v) is 5.19. The molecule has 0 unspecified atom stereocenters. The predicted molar refractivity (Wildman–Crippen MR) is 85.9 cm³/mol. The lowest BCUT2D eigenvalue weighted by Gasteiger charge is -2.17. The van der Waals surface area contributed by atoms with E-state index in [0.717, 1.165) is 5.69 Å². The monoisotopic (exact) mass is 312 g/mol. The number of carbonyl (C=O) groups is 2. The fourth-order valence-corrected chi connectivity index (χ4v) is 1.97. The molecule has 0 aromatic heterocycles. The van der Waals surface area contributed by atoms with Gasteiger partial charge in [-0.25, -0.2) is 4.79 Å². The molecule has 1 aliphatic heterocycles. The number of nitrogens with zero attached hydrogens (tertiary/aromatic N) is 1. The molecule has 1 saturated heterocycles. The van der Waals surface area contributed by atoms with Gasteiger partial charge in [0.1, 0.15) is 0 Å². The number of hydrogen-bond donors (Lipinski definition) is 3. The van der Waals surface area contributed by atoms with Crippen LogP contribution >= 0.6 is 12.4 Å². The van der Waals surface area contributed by atoms with Gasteiger partial charge in [-0.3, -0.25) is 9.69 Å². The van der Waals surface area contributed by atoms with E-state index < -0.39 is 6.04 Å². The van der Waals surface area contributed by atoms with Crippen LogP contribution in [0.5, 0.6) is 0 Å². The van der Waals surface area contributed by atoms with Crippen molar-refractivity contribution in [3.05, 3.63) is 24.3 Å². The molecule has 3 amide bonds. The van der Waals surface area contributed by atoms with Gasteiger partial charge in [-0.05, 0) is 30.2 Å². The van der Waals surface area contributed by atoms with Gasteiger partial charge in [0.2, 0.25) is 5.91 Å². The molecule has 2 rings (SSSR count). The molecule has 116 valence electrons. The average Bonchev–Trinajstić information content (AvgIpc) is 2.85. The normalized spacial score (nSPS) is 15.4. The quantitative estimate of drug-likeness (QED) is 0.788. The van der Waals surface area contributed by atoms with Crippen LogP contribution in [0.3, 0.4) is 0 Å². The lowest BCUT2D eigenvalue weighted by atomic mass is 10.0. The van der Waals surface area contributed by atoms with E-state index in [2.05, 4.69) is 10.6 Å². The van der Waals surface area contributed by atoms with Gasteiger partial charge in [0, 0.05) is 24.5 Å². The van der Waals surface area contributed by atoms with Gasteiger partial charge in [-0.2, -0.15) is 0 Å². The Bertz CT molecular complexity index is 504. The largest absolute Gasteiger partial charge is 0.336 e. The highest BCUT2D eigenvalue weighted by molar-refractivity contribution is 5.96. The fraction of sp³-hybridized carbons (Fsp3) is 0.429. The number of hydrogen-bond acceptors (Lipinski definition) is 3. The van der Waals surface area contributed by atoms with Crippen LogP contribution in [0.2, 0.25) is 0 Å². The van der Waals surface area contributed by atoms with Crippen LogP contribution in [0.1, 0.15) is 13.8 Å². The third-order valence-corrected chi connectivity index (χ3v) is 3.32. The van der Waals surface area contributed by atoms with Crippen LogP contribution in [-0.2, 0) is 4.79 Å². The van der Waals surface area contributed by atoms with Crippen LogP contribution in [0.25, 0.3) is 0 Å². The van der Waals surface area contributed by atoms with E-state index in [-0.39, 0.29) is 30.3 Å². The minimum absolute atomic E-state index is 0. The van der Waals surface area contributed by atoms with Crippen molar-refractivity contribution >= 4 is 35.7 Å². The van der Waals surface area contributed by atoms with Gasteiger partial charge >= 0.3 is 6.03 Å². The molecule has 1 aromatic rings. The molecule has 6 nitrogen and oxygen atoms in total. The van der Waals surface area contributed by atoms with Gasteiger partial charge in [0.15, 0.2) is 0 Å². The Morgan fingerprint density at radius 2 is 1.95 bits per heavy atom. The summed E-state index contributed by atoms with van der Waals surface area (Å²) in [7, 11) is 0. The van der Waals surface area contributed by atoms with Crippen molar-refractivity contribution in [3.8, 4) is 0 Å². The van der Waals surface area contributed by atoms with Crippen LogP contribution < -0.4 is 21.3 Å². The molecule has 0 saturated carbocycles. The second-order valence-electron chi connectivity index (χ2n) is 5.19. The molecular formula is C14H21ClN4O2. The Labute approximate surface area is 130 Å². The summed E-state index contributed by atoms with van der Waals surface area (Å²) in [5, 5.41) is 5.51. The van der Waals surface area contributed by atoms with E-state index in [1.807, 2.05) is 13.8 Å². The summed E-state index contributed by atoms with van der Waals surface area (Å²) in [6.07, 6.45) is 0. The van der Waals surface area contributed by atoms with E-state index in [1.54, 1.807) is 29.2 Å². The zero-order chi connectivity index (χ0) is 14.7. The first-order valence-electron chi connectivity index (χ1n) is 6.71. The number of nitrogens with one attached hydrogen (secondary N) is 2. The molecule has 0 spiro atoms. The van der Waals surface area contributed by atoms with Gasteiger partial charge in [-0.1, -0.05) is 13.8 Å². The predicted octanol–water partition coefficient (Wildman–Crippen LogP) is 1.56. The molecule has 1 aromatic carbocycles. The van der Waals surface area contributed by atoms with Crippen LogP contribution in [0.15, 0.2) is 24.3 Å². The number of nitrogens with two attached hydrogens (primary N) is 1. The Hall–Kier alpha value is -1.79. The maximum absolute atomic E-state index is 11.8. The maximum atomic E-state index is 11.8. The topological polar surface area (TPSA) is 87.5 Å². The first-order chi connectivity index (χ1) is 9.49. The van der Waals surface area contributed by atoms with E-state index in [4.69, 9.17) is 5.73 Å². The minimum Gasteiger partial charge on any atom is -0.336 e.